The molecule has 0 radical (unpaired) electrons. The number of carbonyl (C=O) groups is 3. The van der Waals surface area contributed by atoms with Crippen molar-refractivity contribution in [1.82, 2.24) is 15.3 Å². The van der Waals surface area contributed by atoms with Gasteiger partial charge in [-0.1, -0.05) is 36.4 Å². The standard InChI is InChI=1S/C36H44F2N4O8/c1-6-39-34(45)30-32(49-22-24-12-8-7-9-13-24)31(43)27(33(44)40-20-25-15-16-26(37)19-28(25)38)21-41(30)42(35(46)50-36(3,4)5)23(2)11-10-14-29-47-17-18-48-29/h7-9,12-13,15-16,19,21,23,29H,6,10-11,14,17-18,20,22H2,1-5H3,(H,39,45)(H,40,44)/t23-/m1/s1. The van der Waals surface area contributed by atoms with Crippen LogP contribution in [0.4, 0.5) is 13.6 Å². The Balaban J connectivity index is 1.85. The molecule has 3 amide bonds. The van der Waals surface area contributed by atoms with E-state index in [2.05, 4.69) is 10.6 Å². The fraction of sp³-hybridized carbons (Fsp3) is 0.444. The minimum absolute atomic E-state index is 0.0289. The molecule has 0 saturated carbocycles. The van der Waals surface area contributed by atoms with Gasteiger partial charge in [-0.05, 0) is 65.5 Å². The lowest BCUT2D eigenvalue weighted by atomic mass is 10.1. The number of ether oxygens (including phenoxy) is 4. The first-order chi connectivity index (χ1) is 23.8. The Hall–Kier alpha value is -4.82. The molecule has 2 heterocycles. The quantitative estimate of drug-likeness (QED) is 0.235. The van der Waals surface area contributed by atoms with Gasteiger partial charge in [-0.25, -0.2) is 23.3 Å². The summed E-state index contributed by atoms with van der Waals surface area (Å²) in [4.78, 5) is 55.5. The molecule has 12 nitrogen and oxygen atoms in total. The average molecular weight is 699 g/mol. The van der Waals surface area contributed by atoms with Gasteiger partial charge in [0, 0.05) is 30.9 Å². The Morgan fingerprint density at radius 2 is 1.74 bits per heavy atom. The largest absolute Gasteiger partial charge is 0.482 e. The molecular weight excluding hydrogens is 654 g/mol. The Morgan fingerprint density at radius 1 is 1.04 bits per heavy atom. The van der Waals surface area contributed by atoms with Crippen molar-refractivity contribution in [3.63, 3.8) is 0 Å². The van der Waals surface area contributed by atoms with E-state index < -0.39 is 57.9 Å². The SMILES string of the molecule is CCNC(=O)c1c(OCc2ccccc2)c(=O)c(C(=O)NCc2ccc(F)cc2F)cn1N(C(=O)OC(C)(C)C)[C@H](C)CCCC1OCCO1. The molecule has 1 atom stereocenters. The molecule has 1 aliphatic rings. The van der Waals surface area contributed by atoms with Gasteiger partial charge in [-0.15, -0.1) is 0 Å². The van der Waals surface area contributed by atoms with Gasteiger partial charge in [-0.3, -0.25) is 14.4 Å². The van der Waals surface area contributed by atoms with Gasteiger partial charge >= 0.3 is 6.09 Å². The molecule has 3 aromatic rings. The first-order valence-electron chi connectivity index (χ1n) is 16.5. The zero-order chi connectivity index (χ0) is 36.4. The lowest BCUT2D eigenvalue weighted by Crippen LogP contribution is -2.52. The maximum absolute atomic E-state index is 14.4. The molecule has 1 aromatic heterocycles. The normalized spacial score (nSPS) is 13.8. The van der Waals surface area contributed by atoms with E-state index in [1.54, 1.807) is 65.0 Å². The summed E-state index contributed by atoms with van der Waals surface area (Å²) in [5.74, 6) is -3.87. The number of hydrogen-bond acceptors (Lipinski definition) is 8. The summed E-state index contributed by atoms with van der Waals surface area (Å²) in [6.07, 6.45) is 1.31. The summed E-state index contributed by atoms with van der Waals surface area (Å²) >= 11 is 0. The first kappa shape index (κ1) is 38.0. The van der Waals surface area contributed by atoms with Crippen molar-refractivity contribution >= 4 is 17.9 Å². The van der Waals surface area contributed by atoms with Crippen molar-refractivity contribution in [2.75, 3.05) is 24.8 Å². The predicted octanol–water partition coefficient (Wildman–Crippen LogP) is 5.19. The van der Waals surface area contributed by atoms with Crippen LogP contribution >= 0.6 is 0 Å². The number of halogens is 2. The smallest absolute Gasteiger partial charge is 0.429 e. The molecule has 0 aliphatic carbocycles. The van der Waals surface area contributed by atoms with Crippen LogP contribution in [0, 0.1) is 11.6 Å². The molecule has 1 saturated heterocycles. The van der Waals surface area contributed by atoms with Gasteiger partial charge in [0.1, 0.15) is 29.4 Å². The van der Waals surface area contributed by atoms with Crippen LogP contribution in [0.3, 0.4) is 0 Å². The molecule has 2 N–H and O–H groups in total. The molecule has 14 heteroatoms. The summed E-state index contributed by atoms with van der Waals surface area (Å²) in [5, 5.41) is 6.32. The maximum atomic E-state index is 14.4. The summed E-state index contributed by atoms with van der Waals surface area (Å²) in [6.45, 7) is 9.06. The van der Waals surface area contributed by atoms with E-state index in [0.29, 0.717) is 44.1 Å². The molecule has 0 unspecified atom stereocenters. The minimum Gasteiger partial charge on any atom is -0.482 e. The Labute approximate surface area is 289 Å². The summed E-state index contributed by atoms with van der Waals surface area (Å²) in [6, 6.07) is 11.1. The van der Waals surface area contributed by atoms with E-state index in [-0.39, 0.29) is 37.2 Å². The van der Waals surface area contributed by atoms with Crippen LogP contribution in [-0.4, -0.2) is 60.3 Å². The van der Waals surface area contributed by atoms with E-state index in [4.69, 9.17) is 18.9 Å². The second-order valence-corrected chi connectivity index (χ2v) is 12.7. The number of hydrogen-bond donors (Lipinski definition) is 2. The number of carbonyl (C=O) groups excluding carboxylic acids is 3. The van der Waals surface area contributed by atoms with Gasteiger partial charge in [-0.2, -0.15) is 0 Å². The van der Waals surface area contributed by atoms with Crippen molar-refractivity contribution < 1.29 is 42.1 Å². The number of aromatic nitrogens is 1. The van der Waals surface area contributed by atoms with E-state index in [1.807, 2.05) is 0 Å². The van der Waals surface area contributed by atoms with Crippen LogP contribution in [-0.2, 0) is 27.4 Å². The maximum Gasteiger partial charge on any atom is 0.429 e. The summed E-state index contributed by atoms with van der Waals surface area (Å²) in [7, 11) is 0. The Morgan fingerprint density at radius 3 is 2.38 bits per heavy atom. The van der Waals surface area contributed by atoms with E-state index in [1.165, 1.54) is 6.07 Å². The van der Waals surface area contributed by atoms with Crippen LogP contribution in [0.25, 0.3) is 0 Å². The number of pyridine rings is 1. The molecule has 270 valence electrons. The zero-order valence-corrected chi connectivity index (χ0v) is 28.9. The lowest BCUT2D eigenvalue weighted by molar-refractivity contribution is -0.0481. The highest BCUT2D eigenvalue weighted by atomic mass is 19.1. The number of benzene rings is 2. The molecular formula is C36H44F2N4O8. The van der Waals surface area contributed by atoms with Crippen molar-refractivity contribution in [2.45, 2.75) is 85.0 Å². The minimum atomic E-state index is -0.961. The third-order valence-electron chi connectivity index (χ3n) is 7.61. The molecule has 1 fully saturated rings. The van der Waals surface area contributed by atoms with Crippen LogP contribution in [0.1, 0.15) is 85.9 Å². The predicted molar refractivity (Wildman–Crippen MR) is 180 cm³/mol. The van der Waals surface area contributed by atoms with Gasteiger partial charge in [0.25, 0.3) is 11.8 Å². The summed E-state index contributed by atoms with van der Waals surface area (Å²) in [5.41, 5.74) is -2.11. The van der Waals surface area contributed by atoms with Crippen molar-refractivity contribution in [2.24, 2.45) is 0 Å². The van der Waals surface area contributed by atoms with Gasteiger partial charge in [0.15, 0.2) is 17.7 Å². The van der Waals surface area contributed by atoms with Crippen molar-refractivity contribution in [3.8, 4) is 5.75 Å². The number of rotatable bonds is 14. The number of nitrogens with one attached hydrogen (secondary N) is 2. The van der Waals surface area contributed by atoms with Crippen LogP contribution in [0.2, 0.25) is 0 Å². The van der Waals surface area contributed by atoms with Gasteiger partial charge < -0.3 is 29.6 Å². The topological polar surface area (TPSA) is 137 Å². The van der Waals surface area contributed by atoms with Crippen LogP contribution in [0.5, 0.6) is 5.75 Å². The second-order valence-electron chi connectivity index (χ2n) is 12.7. The van der Waals surface area contributed by atoms with Gasteiger partial charge in [0.2, 0.25) is 5.43 Å². The third-order valence-corrected chi connectivity index (χ3v) is 7.61. The Kier molecular flexibility index (Phi) is 13.1. The van der Waals surface area contributed by atoms with Crippen LogP contribution < -0.4 is 25.8 Å². The Bertz CT molecular complexity index is 1700. The monoisotopic (exact) mass is 698 g/mol. The zero-order valence-electron chi connectivity index (χ0n) is 28.9. The third kappa shape index (κ3) is 10.1. The number of amides is 3. The lowest BCUT2D eigenvalue weighted by Gasteiger charge is -2.35. The molecule has 1 aliphatic heterocycles. The van der Waals surface area contributed by atoms with Gasteiger partial charge in [0.05, 0.1) is 19.3 Å². The molecule has 0 bridgehead atoms. The average Bonchev–Trinajstić information content (AvgIpc) is 3.57. The summed E-state index contributed by atoms with van der Waals surface area (Å²) < 4.78 is 51.9. The number of nitrogens with zero attached hydrogens (tertiary/aromatic N) is 2. The fourth-order valence-corrected chi connectivity index (χ4v) is 5.23. The molecule has 4 rings (SSSR count). The second kappa shape index (κ2) is 17.2. The van der Waals surface area contributed by atoms with E-state index >= 15 is 0 Å². The van der Waals surface area contributed by atoms with Crippen molar-refractivity contribution in [3.05, 3.63) is 99.0 Å². The highest BCUT2D eigenvalue weighted by Crippen LogP contribution is 2.23. The first-order valence-corrected chi connectivity index (χ1v) is 16.5. The molecule has 50 heavy (non-hydrogen) atoms. The highest BCUT2D eigenvalue weighted by molar-refractivity contribution is 5.99. The van der Waals surface area contributed by atoms with Crippen LogP contribution in [0.15, 0.2) is 59.5 Å². The molecule has 2 aromatic carbocycles. The molecule has 0 spiro atoms. The van der Waals surface area contributed by atoms with E-state index in [0.717, 1.165) is 21.9 Å². The van der Waals surface area contributed by atoms with E-state index in [9.17, 15) is 28.0 Å². The highest BCUT2D eigenvalue weighted by Gasteiger charge is 2.34. The van der Waals surface area contributed by atoms with Crippen molar-refractivity contribution in [1.29, 1.82) is 0 Å². The fourth-order valence-electron chi connectivity index (χ4n) is 5.23.